The van der Waals surface area contributed by atoms with E-state index < -0.39 is 0 Å². The van der Waals surface area contributed by atoms with Crippen LogP contribution >= 0.6 is 0 Å². The molecule has 0 bridgehead atoms. The van der Waals surface area contributed by atoms with Crippen molar-refractivity contribution >= 4 is 22.7 Å². The Kier molecular flexibility index (Phi) is 3.30. The molecule has 1 aliphatic rings. The van der Waals surface area contributed by atoms with Gasteiger partial charge in [-0.2, -0.15) is 4.68 Å². The van der Waals surface area contributed by atoms with E-state index in [0.29, 0.717) is 6.54 Å². The zero-order chi connectivity index (χ0) is 16.7. The van der Waals surface area contributed by atoms with Crippen LogP contribution in [-0.4, -0.2) is 19.7 Å². The molecule has 3 aromatic rings. The lowest BCUT2D eigenvalue weighted by molar-refractivity contribution is 0.770. The number of pyridine rings is 2. The first kappa shape index (κ1) is 14.4. The minimum Gasteiger partial charge on any atom is -0.366 e. The van der Waals surface area contributed by atoms with E-state index in [9.17, 15) is 0 Å². The van der Waals surface area contributed by atoms with Crippen molar-refractivity contribution in [2.24, 2.45) is 0 Å². The molecule has 0 unspecified atom stereocenters. The van der Waals surface area contributed by atoms with Crippen LogP contribution in [-0.2, 0) is 6.54 Å². The number of hydrogen-bond acceptors (Lipinski definition) is 5. The molecule has 1 aliphatic heterocycles. The highest BCUT2D eigenvalue weighted by atomic mass is 15.4. The SMILES string of the molecule is C=C1C=C(NCc2cccnc2)n2nc3nc(C)cc(C)c3c2N1. The Balaban J connectivity index is 1.75. The molecule has 4 rings (SSSR count). The summed E-state index contributed by atoms with van der Waals surface area (Å²) < 4.78 is 1.86. The maximum absolute atomic E-state index is 4.66. The van der Waals surface area contributed by atoms with Gasteiger partial charge in [0, 0.05) is 36.4 Å². The first-order valence-electron chi connectivity index (χ1n) is 7.79. The van der Waals surface area contributed by atoms with E-state index >= 15 is 0 Å². The number of allylic oxidation sites excluding steroid dienone is 1. The van der Waals surface area contributed by atoms with Gasteiger partial charge in [-0.25, -0.2) is 4.98 Å². The van der Waals surface area contributed by atoms with Crippen molar-refractivity contribution in [3.8, 4) is 0 Å². The Labute approximate surface area is 139 Å². The second kappa shape index (κ2) is 5.49. The fourth-order valence-electron chi connectivity index (χ4n) is 2.96. The van der Waals surface area contributed by atoms with Gasteiger partial charge in [-0.05, 0) is 37.1 Å². The fraction of sp³-hybridized carbons (Fsp3) is 0.167. The molecule has 4 heterocycles. The van der Waals surface area contributed by atoms with Gasteiger partial charge in [0.2, 0.25) is 0 Å². The molecule has 0 fully saturated rings. The van der Waals surface area contributed by atoms with Gasteiger partial charge in [0.1, 0.15) is 11.6 Å². The number of fused-ring (bicyclic) bond motifs is 3. The fourth-order valence-corrected chi connectivity index (χ4v) is 2.96. The Hall–Kier alpha value is -3.15. The average molecular weight is 318 g/mol. The minimum absolute atomic E-state index is 0.661. The summed E-state index contributed by atoms with van der Waals surface area (Å²) in [6.07, 6.45) is 5.56. The second-order valence-corrected chi connectivity index (χ2v) is 5.93. The third kappa shape index (κ3) is 2.42. The maximum atomic E-state index is 4.66. The van der Waals surface area contributed by atoms with Crippen LogP contribution in [0.15, 0.2) is 48.9 Å². The number of rotatable bonds is 3. The number of hydrogen-bond donors (Lipinski definition) is 2. The van der Waals surface area contributed by atoms with Crippen molar-refractivity contribution in [3.05, 3.63) is 65.8 Å². The molecule has 6 nitrogen and oxygen atoms in total. The van der Waals surface area contributed by atoms with Crippen LogP contribution in [0.1, 0.15) is 16.8 Å². The topological polar surface area (TPSA) is 67.7 Å². The Morgan fingerprint density at radius 1 is 1.33 bits per heavy atom. The Morgan fingerprint density at radius 3 is 3.00 bits per heavy atom. The Bertz CT molecular complexity index is 968. The van der Waals surface area contributed by atoms with Crippen LogP contribution in [0.25, 0.3) is 16.9 Å². The average Bonchev–Trinajstić information content (AvgIpc) is 2.91. The molecule has 0 saturated heterocycles. The number of anilines is 1. The van der Waals surface area contributed by atoms with E-state index in [4.69, 9.17) is 0 Å². The van der Waals surface area contributed by atoms with Gasteiger partial charge in [-0.3, -0.25) is 4.98 Å². The third-order valence-corrected chi connectivity index (χ3v) is 3.98. The van der Waals surface area contributed by atoms with Gasteiger partial charge in [0.25, 0.3) is 0 Å². The molecule has 0 aromatic carbocycles. The standard InChI is InChI=1S/C18H18N6/c1-11-7-12(2)21-17-16(11)18-22-13(3)8-15(24(18)23-17)20-10-14-5-4-6-19-9-14/h4-9,20,22H,3,10H2,1-2H3. The molecule has 3 aromatic heterocycles. The van der Waals surface area contributed by atoms with E-state index in [1.54, 1.807) is 6.20 Å². The number of aryl methyl sites for hydroxylation is 2. The summed E-state index contributed by atoms with van der Waals surface area (Å²) in [5.74, 6) is 1.77. The summed E-state index contributed by atoms with van der Waals surface area (Å²) in [5.41, 5.74) is 4.76. The van der Waals surface area contributed by atoms with Crippen molar-refractivity contribution < 1.29 is 0 Å². The molecular weight excluding hydrogens is 300 g/mol. The quantitative estimate of drug-likeness (QED) is 0.777. The molecule has 120 valence electrons. The number of aromatic nitrogens is 4. The summed E-state index contributed by atoms with van der Waals surface area (Å²) in [6.45, 7) is 8.77. The molecule has 0 aliphatic carbocycles. The van der Waals surface area contributed by atoms with Crippen molar-refractivity contribution in [2.45, 2.75) is 20.4 Å². The van der Waals surface area contributed by atoms with E-state index in [-0.39, 0.29) is 0 Å². The number of nitrogens with one attached hydrogen (secondary N) is 2. The monoisotopic (exact) mass is 318 g/mol. The molecule has 0 spiro atoms. The Morgan fingerprint density at radius 2 is 2.21 bits per heavy atom. The van der Waals surface area contributed by atoms with E-state index in [0.717, 1.165) is 45.2 Å². The molecule has 0 saturated carbocycles. The predicted octanol–water partition coefficient (Wildman–Crippen LogP) is 2.97. The van der Waals surface area contributed by atoms with Crippen molar-refractivity contribution in [3.63, 3.8) is 0 Å². The van der Waals surface area contributed by atoms with Gasteiger partial charge < -0.3 is 10.6 Å². The van der Waals surface area contributed by atoms with E-state index in [1.165, 1.54) is 0 Å². The van der Waals surface area contributed by atoms with Crippen LogP contribution in [0, 0.1) is 13.8 Å². The van der Waals surface area contributed by atoms with Crippen LogP contribution in [0.2, 0.25) is 0 Å². The van der Waals surface area contributed by atoms with Crippen molar-refractivity contribution in [2.75, 3.05) is 5.32 Å². The summed E-state index contributed by atoms with van der Waals surface area (Å²) in [7, 11) is 0. The first-order chi connectivity index (χ1) is 11.6. The smallest absolute Gasteiger partial charge is 0.184 e. The van der Waals surface area contributed by atoms with Gasteiger partial charge in [-0.1, -0.05) is 12.6 Å². The van der Waals surface area contributed by atoms with Crippen LogP contribution in [0.3, 0.4) is 0 Å². The molecular formula is C18H18N6. The van der Waals surface area contributed by atoms with Crippen LogP contribution in [0.5, 0.6) is 0 Å². The summed E-state index contributed by atoms with van der Waals surface area (Å²) in [4.78, 5) is 8.69. The molecule has 24 heavy (non-hydrogen) atoms. The first-order valence-corrected chi connectivity index (χ1v) is 7.79. The van der Waals surface area contributed by atoms with Gasteiger partial charge in [0.15, 0.2) is 5.65 Å². The highest BCUT2D eigenvalue weighted by Crippen LogP contribution is 2.31. The van der Waals surface area contributed by atoms with Crippen molar-refractivity contribution in [1.82, 2.24) is 25.1 Å². The van der Waals surface area contributed by atoms with Gasteiger partial charge in [0.05, 0.1) is 5.39 Å². The highest BCUT2D eigenvalue weighted by Gasteiger charge is 2.21. The molecule has 0 radical (unpaired) electrons. The highest BCUT2D eigenvalue weighted by molar-refractivity contribution is 5.94. The van der Waals surface area contributed by atoms with Gasteiger partial charge >= 0.3 is 0 Å². The largest absolute Gasteiger partial charge is 0.366 e. The predicted molar refractivity (Wildman–Crippen MR) is 95.1 cm³/mol. The third-order valence-electron chi connectivity index (χ3n) is 3.98. The van der Waals surface area contributed by atoms with E-state index in [1.807, 2.05) is 36.0 Å². The summed E-state index contributed by atoms with van der Waals surface area (Å²) >= 11 is 0. The normalized spacial score (nSPS) is 13.4. The molecule has 0 atom stereocenters. The second-order valence-electron chi connectivity index (χ2n) is 5.93. The van der Waals surface area contributed by atoms with Crippen LogP contribution in [0.4, 0.5) is 5.82 Å². The van der Waals surface area contributed by atoms with E-state index in [2.05, 4.69) is 45.3 Å². The lowest BCUT2D eigenvalue weighted by Crippen LogP contribution is -2.23. The zero-order valence-corrected chi connectivity index (χ0v) is 13.7. The van der Waals surface area contributed by atoms with Gasteiger partial charge in [-0.15, -0.1) is 5.10 Å². The maximum Gasteiger partial charge on any atom is 0.184 e. The lowest BCUT2D eigenvalue weighted by Gasteiger charge is -2.20. The summed E-state index contributed by atoms with van der Waals surface area (Å²) in [5, 5.41) is 12.4. The number of nitrogens with zero attached hydrogens (tertiary/aromatic N) is 4. The van der Waals surface area contributed by atoms with Crippen LogP contribution < -0.4 is 10.6 Å². The van der Waals surface area contributed by atoms with Crippen molar-refractivity contribution in [1.29, 1.82) is 0 Å². The molecule has 0 amide bonds. The lowest BCUT2D eigenvalue weighted by atomic mass is 10.1. The minimum atomic E-state index is 0.661. The summed E-state index contributed by atoms with van der Waals surface area (Å²) in [6, 6.07) is 6.03. The zero-order valence-electron chi connectivity index (χ0n) is 13.7. The molecule has 6 heteroatoms. The molecule has 2 N–H and O–H groups in total.